The van der Waals surface area contributed by atoms with E-state index in [1.165, 1.54) is 19.4 Å². The smallest absolute Gasteiger partial charge is 0.323 e. The average Bonchev–Trinajstić information content (AvgIpc) is 2.94. The third-order valence-corrected chi connectivity index (χ3v) is 3.67. The van der Waals surface area contributed by atoms with E-state index in [1.807, 2.05) is 0 Å². The number of carbonyl (C=O) groups excluding carboxylic acids is 2. The van der Waals surface area contributed by atoms with Crippen LogP contribution in [0.15, 0.2) is 36.0 Å². The lowest BCUT2D eigenvalue weighted by atomic mass is 10.2. The van der Waals surface area contributed by atoms with Gasteiger partial charge in [0.25, 0.3) is 11.8 Å². The summed E-state index contributed by atoms with van der Waals surface area (Å²) in [5, 5.41) is 13.0. The second kappa shape index (κ2) is 6.81. The Morgan fingerprint density at radius 1 is 1.27 bits per heavy atom. The first-order chi connectivity index (χ1) is 10.5. The Kier molecular flexibility index (Phi) is 4.84. The predicted molar refractivity (Wildman–Crippen MR) is 81.1 cm³/mol. The van der Waals surface area contributed by atoms with Crippen LogP contribution in [-0.4, -0.2) is 46.4 Å². The highest BCUT2D eigenvalue weighted by molar-refractivity contribution is 7.12. The molecule has 0 aromatic carbocycles. The highest BCUT2D eigenvalue weighted by Gasteiger charge is 2.20. The predicted octanol–water partition coefficient (Wildman–Crippen LogP) is 1.55. The quantitative estimate of drug-likeness (QED) is 0.871. The third kappa shape index (κ3) is 3.67. The fraction of sp³-hybridized carbons (Fsp3) is 0.143. The molecule has 2 heterocycles. The van der Waals surface area contributed by atoms with E-state index in [0.717, 1.165) is 16.2 Å². The first kappa shape index (κ1) is 15.6. The number of carboxylic acid groups (broad SMARTS) is 1. The zero-order valence-corrected chi connectivity index (χ0v) is 12.5. The Balaban J connectivity index is 2.14. The number of aliphatic carboxylic acids is 1. The van der Waals surface area contributed by atoms with Crippen LogP contribution in [0.1, 0.15) is 20.0 Å². The van der Waals surface area contributed by atoms with Crippen LogP contribution >= 0.6 is 11.3 Å². The Bertz CT molecular complexity index is 699. The summed E-state index contributed by atoms with van der Waals surface area (Å²) in [7, 11) is 1.39. The molecule has 0 unspecified atom stereocenters. The summed E-state index contributed by atoms with van der Waals surface area (Å²) in [5.74, 6) is -1.92. The van der Waals surface area contributed by atoms with Crippen molar-refractivity contribution >= 4 is 34.8 Å². The molecule has 2 aromatic rings. The van der Waals surface area contributed by atoms with Crippen molar-refractivity contribution < 1.29 is 19.5 Å². The molecule has 7 nitrogen and oxygen atoms in total. The van der Waals surface area contributed by atoms with Crippen LogP contribution < -0.4 is 5.32 Å². The van der Waals surface area contributed by atoms with E-state index in [9.17, 15) is 14.4 Å². The average molecular weight is 319 g/mol. The van der Waals surface area contributed by atoms with Crippen LogP contribution in [0.2, 0.25) is 0 Å². The number of thiophene rings is 1. The third-order valence-electron chi connectivity index (χ3n) is 2.77. The van der Waals surface area contributed by atoms with Gasteiger partial charge in [0.15, 0.2) is 0 Å². The van der Waals surface area contributed by atoms with E-state index in [4.69, 9.17) is 5.11 Å². The van der Waals surface area contributed by atoms with Gasteiger partial charge in [0.1, 0.15) is 11.4 Å². The molecular weight excluding hydrogens is 306 g/mol. The highest BCUT2D eigenvalue weighted by Crippen LogP contribution is 2.24. The number of carboxylic acids is 1. The normalized spacial score (nSPS) is 10.0. The molecule has 2 aromatic heterocycles. The number of rotatable bonds is 5. The summed E-state index contributed by atoms with van der Waals surface area (Å²) >= 11 is 1.14. The fourth-order valence-corrected chi connectivity index (χ4v) is 2.56. The monoisotopic (exact) mass is 319 g/mol. The van der Waals surface area contributed by atoms with Crippen molar-refractivity contribution in [2.45, 2.75) is 0 Å². The van der Waals surface area contributed by atoms with E-state index < -0.39 is 18.4 Å². The van der Waals surface area contributed by atoms with E-state index >= 15 is 0 Å². The summed E-state index contributed by atoms with van der Waals surface area (Å²) in [5.41, 5.74) is 0.771. The summed E-state index contributed by atoms with van der Waals surface area (Å²) in [6.07, 6.45) is 2.99. The Hall–Kier alpha value is -2.74. The van der Waals surface area contributed by atoms with Crippen LogP contribution in [-0.2, 0) is 4.79 Å². The molecule has 8 heteroatoms. The maximum atomic E-state index is 12.2. The largest absolute Gasteiger partial charge is 0.480 e. The molecule has 2 rings (SSSR count). The SMILES string of the molecule is CN(CC(=O)O)C(=O)c1sccc1NC(=O)c1ccncc1. The van der Waals surface area contributed by atoms with Gasteiger partial charge < -0.3 is 15.3 Å². The zero-order chi connectivity index (χ0) is 16.1. The van der Waals surface area contributed by atoms with Crippen LogP contribution in [0.25, 0.3) is 0 Å². The molecule has 0 aliphatic heterocycles. The lowest BCUT2D eigenvalue weighted by Gasteiger charge is -2.14. The molecule has 0 bridgehead atoms. The number of hydrogen-bond acceptors (Lipinski definition) is 5. The van der Waals surface area contributed by atoms with Crippen molar-refractivity contribution in [3.05, 3.63) is 46.4 Å². The van der Waals surface area contributed by atoms with Crippen molar-refractivity contribution in [3.8, 4) is 0 Å². The van der Waals surface area contributed by atoms with Crippen molar-refractivity contribution in [2.24, 2.45) is 0 Å². The van der Waals surface area contributed by atoms with Gasteiger partial charge in [0, 0.05) is 25.0 Å². The molecule has 0 aliphatic carbocycles. The zero-order valence-electron chi connectivity index (χ0n) is 11.6. The second-order valence-corrected chi connectivity index (χ2v) is 5.32. The summed E-state index contributed by atoms with van der Waals surface area (Å²) in [6.45, 7) is -0.408. The fourth-order valence-electron chi connectivity index (χ4n) is 1.72. The molecule has 0 spiro atoms. The van der Waals surface area contributed by atoms with Crippen LogP contribution in [0.4, 0.5) is 5.69 Å². The van der Waals surface area contributed by atoms with E-state index in [1.54, 1.807) is 23.6 Å². The number of aromatic nitrogens is 1. The molecular formula is C14H13N3O4S. The van der Waals surface area contributed by atoms with E-state index in [2.05, 4.69) is 10.3 Å². The van der Waals surface area contributed by atoms with Gasteiger partial charge >= 0.3 is 5.97 Å². The number of likely N-dealkylation sites (N-methyl/N-ethyl adjacent to an activating group) is 1. The molecule has 2 amide bonds. The number of carbonyl (C=O) groups is 3. The Labute approximate surface area is 130 Å². The minimum atomic E-state index is -1.10. The van der Waals surface area contributed by atoms with Gasteiger partial charge in [0.05, 0.1) is 5.69 Å². The number of nitrogens with zero attached hydrogens (tertiary/aromatic N) is 2. The second-order valence-electron chi connectivity index (χ2n) is 4.41. The Morgan fingerprint density at radius 2 is 1.95 bits per heavy atom. The van der Waals surface area contributed by atoms with Crippen molar-refractivity contribution in [1.29, 1.82) is 0 Å². The molecule has 0 radical (unpaired) electrons. The van der Waals surface area contributed by atoms with Gasteiger partial charge in [-0.25, -0.2) is 0 Å². The van der Waals surface area contributed by atoms with Gasteiger partial charge in [-0.1, -0.05) is 0 Å². The first-order valence-corrected chi connectivity index (χ1v) is 7.13. The maximum Gasteiger partial charge on any atom is 0.323 e. The maximum absolute atomic E-state index is 12.2. The number of amides is 2. The summed E-state index contributed by atoms with van der Waals surface area (Å²) in [6, 6.07) is 4.71. The molecule has 0 saturated heterocycles. The summed E-state index contributed by atoms with van der Waals surface area (Å²) < 4.78 is 0. The Morgan fingerprint density at radius 3 is 2.59 bits per heavy atom. The topological polar surface area (TPSA) is 99.6 Å². The lowest BCUT2D eigenvalue weighted by Crippen LogP contribution is -2.32. The molecule has 0 fully saturated rings. The van der Waals surface area contributed by atoms with Gasteiger partial charge in [-0.3, -0.25) is 19.4 Å². The van der Waals surface area contributed by atoms with Crippen LogP contribution in [0, 0.1) is 0 Å². The molecule has 2 N–H and O–H groups in total. The van der Waals surface area contributed by atoms with Gasteiger partial charge in [-0.15, -0.1) is 11.3 Å². The summed E-state index contributed by atoms with van der Waals surface area (Å²) in [4.78, 5) is 40.1. The first-order valence-electron chi connectivity index (χ1n) is 6.25. The minimum absolute atomic E-state index is 0.283. The molecule has 0 atom stereocenters. The molecule has 114 valence electrons. The van der Waals surface area contributed by atoms with Crippen LogP contribution in [0.5, 0.6) is 0 Å². The molecule has 0 saturated carbocycles. The van der Waals surface area contributed by atoms with Gasteiger partial charge in [-0.05, 0) is 23.6 Å². The minimum Gasteiger partial charge on any atom is -0.480 e. The number of hydrogen-bond donors (Lipinski definition) is 2. The number of anilines is 1. The van der Waals surface area contributed by atoms with E-state index in [0.29, 0.717) is 11.3 Å². The van der Waals surface area contributed by atoms with E-state index in [-0.39, 0.29) is 10.8 Å². The lowest BCUT2D eigenvalue weighted by molar-refractivity contribution is -0.137. The van der Waals surface area contributed by atoms with Gasteiger partial charge in [-0.2, -0.15) is 0 Å². The van der Waals surface area contributed by atoms with Crippen molar-refractivity contribution in [1.82, 2.24) is 9.88 Å². The van der Waals surface area contributed by atoms with Crippen LogP contribution in [0.3, 0.4) is 0 Å². The molecule has 22 heavy (non-hydrogen) atoms. The standard InChI is InChI=1S/C14H13N3O4S/c1-17(8-11(18)19)14(21)12-10(4-7-22-12)16-13(20)9-2-5-15-6-3-9/h2-7H,8H2,1H3,(H,16,20)(H,18,19). The highest BCUT2D eigenvalue weighted by atomic mass is 32.1. The van der Waals surface area contributed by atoms with Crippen molar-refractivity contribution in [3.63, 3.8) is 0 Å². The molecule has 0 aliphatic rings. The number of nitrogens with one attached hydrogen (secondary N) is 1. The number of pyridine rings is 1. The van der Waals surface area contributed by atoms with Crippen molar-refractivity contribution in [2.75, 3.05) is 18.9 Å². The van der Waals surface area contributed by atoms with Gasteiger partial charge in [0.2, 0.25) is 0 Å².